The van der Waals surface area contributed by atoms with Crippen LogP contribution in [0.25, 0.3) is 0 Å². The molecule has 0 aliphatic rings. The monoisotopic (exact) mass is 1020 g/mol. The minimum Gasteiger partial charge on any atom is -0.324 e. The van der Waals surface area contributed by atoms with Crippen LogP contribution in [0.5, 0.6) is 0 Å². The third-order valence-corrected chi connectivity index (χ3v) is 10.7. The number of azo groups is 2. The molecule has 5 aromatic carbocycles. The smallest absolute Gasteiger partial charge is 0.324 e. The van der Waals surface area contributed by atoms with Crippen LogP contribution in [0.2, 0.25) is 20.1 Å². The van der Waals surface area contributed by atoms with Crippen molar-refractivity contribution in [2.24, 2.45) is 20.5 Å². The number of aryl methyl sites for hydroxylation is 2. The highest BCUT2D eigenvalue weighted by Gasteiger charge is 2.36. The number of hydrogen-bond acceptors (Lipinski definition) is 10. The molecule has 0 saturated carbocycles. The Kier molecular flexibility index (Phi) is 16.5. The first kappa shape index (κ1) is 52.2. The lowest BCUT2D eigenvalue weighted by Gasteiger charge is -2.16. The van der Waals surface area contributed by atoms with Gasteiger partial charge in [0.1, 0.15) is 11.4 Å². The molecule has 4 amide bonds. The van der Waals surface area contributed by atoms with E-state index < -0.39 is 82.1 Å². The van der Waals surface area contributed by atoms with Gasteiger partial charge >= 0.3 is 12.4 Å². The number of nitrogens with one attached hydrogen (secondary N) is 4. The van der Waals surface area contributed by atoms with Crippen LogP contribution < -0.4 is 21.3 Å². The number of amides is 4. The van der Waals surface area contributed by atoms with Crippen LogP contribution in [0.1, 0.15) is 56.8 Å². The van der Waals surface area contributed by atoms with Gasteiger partial charge in [0.05, 0.1) is 43.7 Å². The quantitative estimate of drug-likeness (QED) is 0.0484. The van der Waals surface area contributed by atoms with Crippen molar-refractivity contribution in [2.45, 2.75) is 52.1 Å². The third-order valence-electron chi connectivity index (χ3n) is 9.43. The third kappa shape index (κ3) is 12.8. The van der Waals surface area contributed by atoms with E-state index in [0.717, 1.165) is 38.1 Å². The fraction of sp³-hybridized carbons (Fsp3) is 0.182. The van der Waals surface area contributed by atoms with Gasteiger partial charge in [0.15, 0.2) is 11.6 Å². The van der Waals surface area contributed by atoms with Crippen molar-refractivity contribution in [1.29, 1.82) is 0 Å². The Hall–Kier alpha value is -6.74. The number of ketones is 2. The van der Waals surface area contributed by atoms with E-state index in [1.807, 2.05) is 0 Å². The van der Waals surface area contributed by atoms with E-state index in [2.05, 4.69) is 41.7 Å². The summed E-state index contributed by atoms with van der Waals surface area (Å²) in [5.41, 5.74) is -3.64. The topological polar surface area (TPSA) is 200 Å². The second kappa shape index (κ2) is 21.5. The molecule has 0 bridgehead atoms. The van der Waals surface area contributed by atoms with E-state index in [4.69, 9.17) is 46.4 Å². The maximum absolute atomic E-state index is 13.6. The second-order valence-corrected chi connectivity index (χ2v) is 16.1. The van der Waals surface area contributed by atoms with Crippen molar-refractivity contribution in [3.63, 3.8) is 0 Å². The van der Waals surface area contributed by atoms with Gasteiger partial charge in [0, 0.05) is 21.4 Å². The Bertz CT molecular complexity index is 2740. The molecule has 0 aliphatic carbocycles. The van der Waals surface area contributed by atoms with Crippen molar-refractivity contribution in [1.82, 2.24) is 0 Å². The number of carbonyl (C=O) groups excluding carboxylic acids is 6. The molecule has 2 unspecified atom stereocenters. The second-order valence-electron chi connectivity index (χ2n) is 14.5. The zero-order valence-electron chi connectivity index (χ0n) is 35.3. The van der Waals surface area contributed by atoms with E-state index in [-0.39, 0.29) is 54.0 Å². The molecule has 354 valence electrons. The number of rotatable bonds is 14. The molecule has 4 N–H and O–H groups in total. The molecule has 0 spiro atoms. The van der Waals surface area contributed by atoms with Gasteiger partial charge in [0.2, 0.25) is 12.1 Å². The molecule has 5 aromatic rings. The predicted octanol–water partition coefficient (Wildman–Crippen LogP) is 12.8. The van der Waals surface area contributed by atoms with Crippen LogP contribution in [0.3, 0.4) is 0 Å². The lowest BCUT2D eigenvalue weighted by Crippen LogP contribution is -2.32. The Morgan fingerprint density at radius 3 is 1.18 bits per heavy atom. The highest BCUT2D eigenvalue weighted by atomic mass is 35.5. The summed E-state index contributed by atoms with van der Waals surface area (Å²) in [7, 11) is 0. The highest BCUT2D eigenvalue weighted by molar-refractivity contribution is 6.37. The molecule has 0 saturated heterocycles. The highest BCUT2D eigenvalue weighted by Crippen LogP contribution is 2.39. The molecule has 24 heteroatoms. The van der Waals surface area contributed by atoms with Crippen LogP contribution in [0, 0.1) is 13.8 Å². The summed E-state index contributed by atoms with van der Waals surface area (Å²) in [6.07, 6.45) is -9.72. The lowest BCUT2D eigenvalue weighted by atomic mass is 10.1. The van der Waals surface area contributed by atoms with Gasteiger partial charge in [-0.05, 0) is 112 Å². The summed E-state index contributed by atoms with van der Waals surface area (Å²) >= 11 is 24.2. The Morgan fingerprint density at radius 2 is 0.853 bits per heavy atom. The summed E-state index contributed by atoms with van der Waals surface area (Å²) in [4.78, 5) is 78.1. The number of alkyl halides is 6. The van der Waals surface area contributed by atoms with Crippen molar-refractivity contribution in [3.8, 4) is 0 Å². The molecular formula is C44H32Cl4F6N8O6. The summed E-state index contributed by atoms with van der Waals surface area (Å²) < 4.78 is 81.7. The first-order valence-corrected chi connectivity index (χ1v) is 20.8. The van der Waals surface area contributed by atoms with Gasteiger partial charge in [-0.3, -0.25) is 28.8 Å². The van der Waals surface area contributed by atoms with Crippen LogP contribution in [0.4, 0.5) is 60.5 Å². The fourth-order valence-corrected chi connectivity index (χ4v) is 6.85. The summed E-state index contributed by atoms with van der Waals surface area (Å²) in [5, 5.41) is 23.7. The maximum Gasteiger partial charge on any atom is 0.418 e. The van der Waals surface area contributed by atoms with Crippen molar-refractivity contribution < 1.29 is 55.1 Å². The first-order chi connectivity index (χ1) is 31.8. The Labute approximate surface area is 401 Å². The number of nitrogens with zero attached hydrogens (tertiary/aromatic N) is 4. The number of Topliss-reactive ketones (excluding diaryl/α,β-unsaturated/α-hetero) is 2. The average molecular weight is 1020 g/mol. The fourth-order valence-electron chi connectivity index (χ4n) is 6.01. The molecule has 0 aromatic heterocycles. The van der Waals surface area contributed by atoms with Crippen LogP contribution in [-0.2, 0) is 31.5 Å². The molecular weight excluding hydrogens is 992 g/mol. The molecule has 14 nitrogen and oxygen atoms in total. The van der Waals surface area contributed by atoms with Crippen molar-refractivity contribution >= 4 is 116 Å². The Balaban J connectivity index is 1.28. The van der Waals surface area contributed by atoms with E-state index >= 15 is 0 Å². The van der Waals surface area contributed by atoms with Crippen LogP contribution in [0.15, 0.2) is 105 Å². The standard InChI is InChI=1S/C44H32Cl4F6N8O6/c1-19-15-34(58-42(68)38(22(4)64)62-60-32-10-6-8-26(36(32)48)40(66)56-30-14-12-24(46)18-28(30)44(52,53)54)20(2)16-33(19)57-41(67)37(21(3)63)61-59-31-9-5-7-25(35(31)47)39(65)55-29-13-11-23(45)17-27(29)43(49,50)51/h5-18,37-38H,1-4H3,(H,55,65)(H,56,66)(H,57,67)(H,58,68). The summed E-state index contributed by atoms with van der Waals surface area (Å²) in [5.74, 6) is -5.54. The van der Waals surface area contributed by atoms with Crippen molar-refractivity contribution in [3.05, 3.63) is 138 Å². The van der Waals surface area contributed by atoms with E-state index in [1.54, 1.807) is 0 Å². The number of carbonyl (C=O) groups is 6. The van der Waals surface area contributed by atoms with Gasteiger partial charge in [-0.1, -0.05) is 58.5 Å². The van der Waals surface area contributed by atoms with Crippen LogP contribution >= 0.6 is 46.4 Å². The number of halogens is 10. The number of hydrogen-bond donors (Lipinski definition) is 4. The molecule has 0 heterocycles. The van der Waals surface area contributed by atoms with Gasteiger partial charge < -0.3 is 21.3 Å². The lowest BCUT2D eigenvalue weighted by molar-refractivity contribution is -0.137. The number of benzene rings is 5. The molecule has 5 rings (SSSR count). The zero-order chi connectivity index (χ0) is 50.4. The largest absolute Gasteiger partial charge is 0.418 e. The van der Waals surface area contributed by atoms with Gasteiger partial charge in [-0.25, -0.2) is 0 Å². The molecule has 2 atom stereocenters. The molecule has 0 radical (unpaired) electrons. The SMILES string of the molecule is CC(=O)C(N=Nc1cccc(C(=O)Nc2ccc(Cl)cc2C(F)(F)F)c1Cl)C(=O)Nc1cc(C)c(NC(=O)C(N=Nc2cccc(C(=O)Nc3ccc(Cl)cc3C(F)(F)F)c2Cl)C(C)=O)cc1C. The zero-order valence-corrected chi connectivity index (χ0v) is 38.3. The van der Waals surface area contributed by atoms with E-state index in [0.29, 0.717) is 23.3 Å². The first-order valence-electron chi connectivity index (χ1n) is 19.3. The summed E-state index contributed by atoms with van der Waals surface area (Å²) in [6.45, 7) is 5.19. The minimum atomic E-state index is -4.86. The van der Waals surface area contributed by atoms with Crippen molar-refractivity contribution in [2.75, 3.05) is 21.3 Å². The van der Waals surface area contributed by atoms with Gasteiger partial charge in [0.25, 0.3) is 23.6 Å². The van der Waals surface area contributed by atoms with E-state index in [1.165, 1.54) is 62.4 Å². The summed E-state index contributed by atoms with van der Waals surface area (Å²) in [6, 6.07) is 12.4. The molecule has 0 fully saturated rings. The van der Waals surface area contributed by atoms with Crippen LogP contribution in [-0.4, -0.2) is 47.3 Å². The van der Waals surface area contributed by atoms with Gasteiger partial charge in [-0.15, -0.1) is 0 Å². The molecule has 68 heavy (non-hydrogen) atoms. The predicted molar refractivity (Wildman–Crippen MR) is 243 cm³/mol. The normalized spacial score (nSPS) is 12.7. The van der Waals surface area contributed by atoms with E-state index in [9.17, 15) is 55.1 Å². The minimum absolute atomic E-state index is 0.163. The van der Waals surface area contributed by atoms with Gasteiger partial charge in [-0.2, -0.15) is 46.8 Å². The molecule has 0 aliphatic heterocycles. The number of anilines is 4. The maximum atomic E-state index is 13.6. The Morgan fingerprint density at radius 1 is 0.500 bits per heavy atom. The average Bonchev–Trinajstić information content (AvgIpc) is 3.24.